The molecule has 7 nitrogen and oxygen atoms in total. The van der Waals surface area contributed by atoms with Crippen molar-refractivity contribution < 1.29 is 14.0 Å². The average Bonchev–Trinajstić information content (AvgIpc) is 3.50. The third-order valence-electron chi connectivity index (χ3n) is 4.72. The Bertz CT molecular complexity index is 1080. The first-order valence-electron chi connectivity index (χ1n) is 9.50. The third kappa shape index (κ3) is 4.68. The number of nitrogens with one attached hydrogen (secondary N) is 1. The fourth-order valence-corrected chi connectivity index (χ4v) is 3.83. The normalized spacial score (nSPS) is 13.2. The van der Waals surface area contributed by atoms with E-state index in [9.17, 15) is 14.0 Å². The molecule has 9 heteroatoms. The highest BCUT2D eigenvalue weighted by Gasteiger charge is 2.30. The van der Waals surface area contributed by atoms with Crippen LogP contribution in [0.2, 0.25) is 0 Å². The van der Waals surface area contributed by atoms with Crippen molar-refractivity contribution in [2.75, 3.05) is 11.1 Å². The lowest BCUT2D eigenvalue weighted by atomic mass is 10.2. The van der Waals surface area contributed by atoms with Gasteiger partial charge in [0.15, 0.2) is 5.16 Å². The van der Waals surface area contributed by atoms with Crippen molar-refractivity contribution in [2.24, 2.45) is 5.73 Å². The number of aromatic nitrogens is 3. The molecule has 4 rings (SSSR count). The monoisotopic (exact) mass is 425 g/mol. The molecule has 0 atom stereocenters. The van der Waals surface area contributed by atoms with E-state index in [-0.39, 0.29) is 17.2 Å². The van der Waals surface area contributed by atoms with Gasteiger partial charge in [-0.05, 0) is 36.6 Å². The minimum Gasteiger partial charge on any atom is -0.366 e. The summed E-state index contributed by atoms with van der Waals surface area (Å²) in [5.74, 6) is -0.441. The fraction of sp³-hybridized carbons (Fsp3) is 0.238. The molecular weight excluding hydrogens is 405 g/mol. The molecule has 30 heavy (non-hydrogen) atoms. The van der Waals surface area contributed by atoms with Gasteiger partial charge in [-0.2, -0.15) is 0 Å². The summed E-state index contributed by atoms with van der Waals surface area (Å²) in [7, 11) is 0. The quantitative estimate of drug-likeness (QED) is 0.540. The van der Waals surface area contributed by atoms with Gasteiger partial charge in [0.2, 0.25) is 5.91 Å². The number of anilines is 1. The first-order chi connectivity index (χ1) is 14.5. The molecule has 3 N–H and O–H groups in total. The van der Waals surface area contributed by atoms with Crippen LogP contribution < -0.4 is 11.1 Å². The van der Waals surface area contributed by atoms with Gasteiger partial charge < -0.3 is 15.6 Å². The Kier molecular flexibility index (Phi) is 5.80. The van der Waals surface area contributed by atoms with E-state index in [1.54, 1.807) is 0 Å². The van der Waals surface area contributed by atoms with Crippen LogP contribution in [0.3, 0.4) is 0 Å². The van der Waals surface area contributed by atoms with Crippen LogP contribution in [0.25, 0.3) is 0 Å². The molecule has 0 bridgehead atoms. The SMILES string of the molecule is NC(=O)c1cc(NC(=O)CSc2nnc(C3CC3)n2Cc2ccccc2)ccc1F. The number of hydrogen-bond acceptors (Lipinski definition) is 5. The van der Waals surface area contributed by atoms with Crippen molar-refractivity contribution in [2.45, 2.75) is 30.5 Å². The van der Waals surface area contributed by atoms with E-state index in [1.807, 2.05) is 30.3 Å². The standard InChI is InChI=1S/C21H20FN5O2S/c22-17-9-8-15(10-16(17)19(23)29)24-18(28)12-30-21-26-25-20(14-6-7-14)27(21)11-13-4-2-1-3-5-13/h1-5,8-10,14H,6-7,11-12H2,(H2,23,29)(H,24,28). The fourth-order valence-electron chi connectivity index (χ4n) is 3.08. The first-order valence-corrected chi connectivity index (χ1v) is 10.5. The molecule has 0 radical (unpaired) electrons. The summed E-state index contributed by atoms with van der Waals surface area (Å²) in [6, 6.07) is 13.7. The number of halogens is 1. The Morgan fingerprint density at radius 1 is 1.17 bits per heavy atom. The van der Waals surface area contributed by atoms with Gasteiger partial charge in [-0.3, -0.25) is 9.59 Å². The summed E-state index contributed by atoms with van der Waals surface area (Å²) in [4.78, 5) is 23.6. The minimum atomic E-state index is -0.889. The van der Waals surface area contributed by atoms with Crippen molar-refractivity contribution in [3.63, 3.8) is 0 Å². The van der Waals surface area contributed by atoms with Crippen LogP contribution in [0.4, 0.5) is 10.1 Å². The second kappa shape index (κ2) is 8.66. The molecule has 0 aliphatic heterocycles. The molecule has 3 aromatic rings. The molecule has 1 aliphatic carbocycles. The van der Waals surface area contributed by atoms with Crippen molar-refractivity contribution >= 4 is 29.3 Å². The van der Waals surface area contributed by atoms with Crippen molar-refractivity contribution in [3.05, 3.63) is 71.3 Å². The zero-order valence-electron chi connectivity index (χ0n) is 16.0. The summed E-state index contributed by atoms with van der Waals surface area (Å²) in [5, 5.41) is 12.0. The second-order valence-electron chi connectivity index (χ2n) is 7.08. The van der Waals surface area contributed by atoms with Gasteiger partial charge in [0, 0.05) is 11.6 Å². The number of primary amides is 1. The van der Waals surface area contributed by atoms with E-state index in [4.69, 9.17) is 5.73 Å². The van der Waals surface area contributed by atoms with Crippen LogP contribution >= 0.6 is 11.8 Å². The zero-order valence-corrected chi connectivity index (χ0v) is 16.9. The maximum absolute atomic E-state index is 13.6. The Morgan fingerprint density at radius 3 is 2.63 bits per heavy atom. The predicted octanol–water partition coefficient (Wildman–Crippen LogP) is 3.17. The zero-order chi connectivity index (χ0) is 21.1. The lowest BCUT2D eigenvalue weighted by Gasteiger charge is -2.10. The molecule has 0 spiro atoms. The molecule has 2 amide bonds. The number of thioether (sulfide) groups is 1. The first kappa shape index (κ1) is 20.1. The minimum absolute atomic E-state index is 0.0981. The number of carbonyl (C=O) groups is 2. The van der Waals surface area contributed by atoms with Crippen LogP contribution in [0.1, 0.15) is 40.5 Å². The van der Waals surface area contributed by atoms with E-state index in [2.05, 4.69) is 20.1 Å². The third-order valence-corrected chi connectivity index (χ3v) is 5.69. The van der Waals surface area contributed by atoms with Gasteiger partial charge in [-0.15, -0.1) is 10.2 Å². The van der Waals surface area contributed by atoms with Gasteiger partial charge in [-0.1, -0.05) is 42.1 Å². The molecule has 1 aromatic heterocycles. The van der Waals surface area contributed by atoms with E-state index in [0.29, 0.717) is 23.3 Å². The topological polar surface area (TPSA) is 103 Å². The molecular formula is C21H20FN5O2S. The number of rotatable bonds is 8. The van der Waals surface area contributed by atoms with Crippen molar-refractivity contribution in [3.8, 4) is 0 Å². The van der Waals surface area contributed by atoms with Gasteiger partial charge >= 0.3 is 0 Å². The Hall–Kier alpha value is -3.20. The van der Waals surface area contributed by atoms with E-state index >= 15 is 0 Å². The highest BCUT2D eigenvalue weighted by atomic mass is 32.2. The molecule has 154 valence electrons. The van der Waals surface area contributed by atoms with Crippen LogP contribution in [0.5, 0.6) is 0 Å². The van der Waals surface area contributed by atoms with Crippen molar-refractivity contribution in [1.29, 1.82) is 0 Å². The Labute approximate surface area is 176 Å². The van der Waals surface area contributed by atoms with Crippen LogP contribution in [0, 0.1) is 5.82 Å². The van der Waals surface area contributed by atoms with Crippen LogP contribution in [-0.4, -0.2) is 32.3 Å². The Morgan fingerprint density at radius 2 is 1.93 bits per heavy atom. The average molecular weight is 425 g/mol. The number of benzene rings is 2. The number of nitrogens with zero attached hydrogens (tertiary/aromatic N) is 3. The molecule has 1 saturated carbocycles. The number of nitrogens with two attached hydrogens (primary N) is 1. The largest absolute Gasteiger partial charge is 0.366 e. The van der Waals surface area contributed by atoms with Gasteiger partial charge in [-0.25, -0.2) is 4.39 Å². The molecule has 2 aromatic carbocycles. The predicted molar refractivity (Wildman–Crippen MR) is 112 cm³/mol. The van der Waals surface area contributed by atoms with E-state index in [0.717, 1.165) is 30.3 Å². The van der Waals surface area contributed by atoms with Gasteiger partial charge in [0.25, 0.3) is 5.91 Å². The summed E-state index contributed by atoms with van der Waals surface area (Å²) in [6.07, 6.45) is 2.20. The van der Waals surface area contributed by atoms with Crippen LogP contribution in [0.15, 0.2) is 53.7 Å². The summed E-state index contributed by atoms with van der Waals surface area (Å²) < 4.78 is 15.7. The van der Waals surface area contributed by atoms with Gasteiger partial charge in [0.1, 0.15) is 11.6 Å². The number of hydrogen-bond donors (Lipinski definition) is 2. The summed E-state index contributed by atoms with van der Waals surface area (Å²) in [6.45, 7) is 0.642. The summed E-state index contributed by atoms with van der Waals surface area (Å²) >= 11 is 1.28. The van der Waals surface area contributed by atoms with Gasteiger partial charge in [0.05, 0.1) is 17.9 Å². The highest BCUT2D eigenvalue weighted by molar-refractivity contribution is 7.99. The second-order valence-corrected chi connectivity index (χ2v) is 8.03. The number of amides is 2. The highest BCUT2D eigenvalue weighted by Crippen LogP contribution is 2.40. The summed E-state index contributed by atoms with van der Waals surface area (Å²) in [5.41, 5.74) is 6.32. The van der Waals surface area contributed by atoms with Crippen LogP contribution in [-0.2, 0) is 11.3 Å². The maximum atomic E-state index is 13.6. The lowest BCUT2D eigenvalue weighted by molar-refractivity contribution is -0.113. The molecule has 1 fully saturated rings. The van der Waals surface area contributed by atoms with E-state index < -0.39 is 11.7 Å². The van der Waals surface area contributed by atoms with Crippen molar-refractivity contribution in [1.82, 2.24) is 14.8 Å². The Balaban J connectivity index is 1.44. The molecule has 1 heterocycles. The smallest absolute Gasteiger partial charge is 0.251 e. The number of carbonyl (C=O) groups excluding carboxylic acids is 2. The van der Waals surface area contributed by atoms with E-state index in [1.165, 1.54) is 23.9 Å². The molecule has 0 saturated heterocycles. The maximum Gasteiger partial charge on any atom is 0.251 e. The molecule has 0 unspecified atom stereocenters. The molecule has 1 aliphatic rings. The lowest BCUT2D eigenvalue weighted by Crippen LogP contribution is -2.17.